The second kappa shape index (κ2) is 7.80. The third kappa shape index (κ3) is 5.15. The van der Waals surface area contributed by atoms with Gasteiger partial charge in [-0.1, -0.05) is 6.92 Å². The molecule has 0 bridgehead atoms. The van der Waals surface area contributed by atoms with E-state index in [9.17, 15) is 0 Å². The molecule has 3 nitrogen and oxygen atoms in total. The molecule has 1 unspecified atom stereocenters. The van der Waals surface area contributed by atoms with Crippen LogP contribution in [0.2, 0.25) is 0 Å². The van der Waals surface area contributed by atoms with E-state index in [0.717, 1.165) is 37.6 Å². The van der Waals surface area contributed by atoms with E-state index in [1.165, 1.54) is 10.6 Å². The van der Waals surface area contributed by atoms with Crippen LogP contribution in [0, 0.1) is 13.8 Å². The highest BCUT2D eigenvalue weighted by Gasteiger charge is 2.11. The number of nitrogens with zero attached hydrogens (tertiary/aromatic N) is 1. The summed E-state index contributed by atoms with van der Waals surface area (Å²) in [6.07, 6.45) is 2.16. The summed E-state index contributed by atoms with van der Waals surface area (Å²) >= 11 is 1.77. The van der Waals surface area contributed by atoms with Gasteiger partial charge in [0.05, 0.1) is 10.7 Å². The van der Waals surface area contributed by atoms with E-state index in [0.29, 0.717) is 6.04 Å². The smallest absolute Gasteiger partial charge is 0.0900 e. The molecule has 98 valence electrons. The first-order valence-corrected chi connectivity index (χ1v) is 7.21. The summed E-state index contributed by atoms with van der Waals surface area (Å²) in [6, 6.07) is 0.339. The van der Waals surface area contributed by atoms with Crippen LogP contribution in [0.1, 0.15) is 48.3 Å². The van der Waals surface area contributed by atoms with Gasteiger partial charge in [0.1, 0.15) is 0 Å². The van der Waals surface area contributed by atoms with Crippen LogP contribution in [0.25, 0.3) is 0 Å². The molecule has 0 spiro atoms. The van der Waals surface area contributed by atoms with Gasteiger partial charge in [0.25, 0.3) is 0 Å². The molecule has 1 atom stereocenters. The normalized spacial score (nSPS) is 12.9. The molecule has 0 fully saturated rings. The average Bonchev–Trinajstić information content (AvgIpc) is 2.62. The van der Waals surface area contributed by atoms with Gasteiger partial charge < -0.3 is 10.1 Å². The minimum absolute atomic E-state index is 0.339. The molecular formula is C13H24N2OS. The number of hydrogen-bond acceptors (Lipinski definition) is 4. The van der Waals surface area contributed by atoms with Crippen LogP contribution < -0.4 is 5.32 Å². The summed E-state index contributed by atoms with van der Waals surface area (Å²) in [6.45, 7) is 11.2. The Hall–Kier alpha value is -0.450. The van der Waals surface area contributed by atoms with Gasteiger partial charge in [0.15, 0.2) is 0 Å². The SMILES string of the molecule is CCCOCCCNC(C)c1nc(C)sc1C. The third-order valence-electron chi connectivity index (χ3n) is 2.61. The van der Waals surface area contributed by atoms with Gasteiger partial charge in [-0.05, 0) is 40.2 Å². The van der Waals surface area contributed by atoms with Gasteiger partial charge in [-0.3, -0.25) is 0 Å². The Kier molecular flexibility index (Phi) is 6.70. The van der Waals surface area contributed by atoms with E-state index in [2.05, 4.69) is 38.0 Å². The highest BCUT2D eigenvalue weighted by atomic mass is 32.1. The largest absolute Gasteiger partial charge is 0.381 e. The Balaban J connectivity index is 2.21. The highest BCUT2D eigenvalue weighted by Crippen LogP contribution is 2.22. The van der Waals surface area contributed by atoms with Crippen molar-refractivity contribution in [2.45, 2.75) is 46.6 Å². The molecule has 0 aliphatic rings. The van der Waals surface area contributed by atoms with E-state index in [1.807, 2.05) is 0 Å². The number of rotatable bonds is 8. The Morgan fingerprint density at radius 1 is 1.35 bits per heavy atom. The second-order valence-corrected chi connectivity index (χ2v) is 5.72. The molecule has 17 heavy (non-hydrogen) atoms. The van der Waals surface area contributed by atoms with Gasteiger partial charge in [0.2, 0.25) is 0 Å². The quantitative estimate of drug-likeness (QED) is 0.725. The Morgan fingerprint density at radius 3 is 2.71 bits per heavy atom. The number of aromatic nitrogens is 1. The molecule has 1 aromatic heterocycles. The van der Waals surface area contributed by atoms with Crippen LogP contribution in [-0.4, -0.2) is 24.7 Å². The van der Waals surface area contributed by atoms with Gasteiger partial charge in [-0.15, -0.1) is 11.3 Å². The third-order valence-corrected chi connectivity index (χ3v) is 3.52. The predicted molar refractivity (Wildman–Crippen MR) is 73.7 cm³/mol. The van der Waals surface area contributed by atoms with Crippen molar-refractivity contribution in [2.75, 3.05) is 19.8 Å². The first-order chi connectivity index (χ1) is 8.15. The minimum atomic E-state index is 0.339. The average molecular weight is 256 g/mol. The molecule has 0 radical (unpaired) electrons. The van der Waals surface area contributed by atoms with E-state index >= 15 is 0 Å². The lowest BCUT2D eigenvalue weighted by Gasteiger charge is -2.12. The monoisotopic (exact) mass is 256 g/mol. The first kappa shape index (κ1) is 14.6. The number of thiazole rings is 1. The molecular weight excluding hydrogens is 232 g/mol. The standard InChI is InChI=1S/C13H24N2OS/c1-5-8-16-9-6-7-14-10(2)13-11(3)17-12(4)15-13/h10,14H,5-9H2,1-4H3. The zero-order valence-corrected chi connectivity index (χ0v) is 12.2. The van der Waals surface area contributed by atoms with E-state index in [4.69, 9.17) is 4.74 Å². The molecule has 0 aliphatic carbocycles. The highest BCUT2D eigenvalue weighted by molar-refractivity contribution is 7.11. The summed E-state index contributed by atoms with van der Waals surface area (Å²) in [5.41, 5.74) is 1.20. The Bertz CT molecular complexity index is 325. The van der Waals surface area contributed by atoms with E-state index < -0.39 is 0 Å². The van der Waals surface area contributed by atoms with Crippen LogP contribution in [0.4, 0.5) is 0 Å². The molecule has 1 heterocycles. The van der Waals surface area contributed by atoms with Crippen molar-refractivity contribution < 1.29 is 4.74 Å². The zero-order chi connectivity index (χ0) is 12.7. The predicted octanol–water partition coefficient (Wildman–Crippen LogP) is 3.23. The fourth-order valence-corrected chi connectivity index (χ4v) is 2.70. The topological polar surface area (TPSA) is 34.1 Å². The minimum Gasteiger partial charge on any atom is -0.381 e. The molecule has 1 N–H and O–H groups in total. The van der Waals surface area contributed by atoms with Crippen LogP contribution >= 0.6 is 11.3 Å². The Morgan fingerprint density at radius 2 is 2.12 bits per heavy atom. The van der Waals surface area contributed by atoms with Gasteiger partial charge in [-0.25, -0.2) is 4.98 Å². The van der Waals surface area contributed by atoms with Crippen LogP contribution in [0.15, 0.2) is 0 Å². The number of aryl methyl sites for hydroxylation is 2. The van der Waals surface area contributed by atoms with Crippen molar-refractivity contribution in [1.82, 2.24) is 10.3 Å². The second-order valence-electron chi connectivity index (χ2n) is 4.32. The maximum Gasteiger partial charge on any atom is 0.0900 e. The number of hydrogen-bond donors (Lipinski definition) is 1. The maximum atomic E-state index is 5.44. The first-order valence-electron chi connectivity index (χ1n) is 6.40. The van der Waals surface area contributed by atoms with Crippen molar-refractivity contribution in [3.63, 3.8) is 0 Å². The number of nitrogens with one attached hydrogen (secondary N) is 1. The summed E-state index contributed by atoms with van der Waals surface area (Å²) in [4.78, 5) is 5.89. The lowest BCUT2D eigenvalue weighted by atomic mass is 10.2. The fourth-order valence-electron chi connectivity index (χ4n) is 1.78. The van der Waals surface area contributed by atoms with Crippen molar-refractivity contribution in [1.29, 1.82) is 0 Å². The summed E-state index contributed by atoms with van der Waals surface area (Å²) in [7, 11) is 0. The van der Waals surface area contributed by atoms with Gasteiger partial charge in [-0.2, -0.15) is 0 Å². The zero-order valence-electron chi connectivity index (χ0n) is 11.4. The molecule has 1 rings (SSSR count). The maximum absolute atomic E-state index is 5.44. The summed E-state index contributed by atoms with van der Waals surface area (Å²) in [5, 5.41) is 4.64. The molecule has 4 heteroatoms. The van der Waals surface area contributed by atoms with Crippen LogP contribution in [0.3, 0.4) is 0 Å². The van der Waals surface area contributed by atoms with E-state index in [1.54, 1.807) is 11.3 Å². The van der Waals surface area contributed by atoms with Gasteiger partial charge >= 0.3 is 0 Å². The van der Waals surface area contributed by atoms with Crippen molar-refractivity contribution in [3.05, 3.63) is 15.6 Å². The van der Waals surface area contributed by atoms with Crippen LogP contribution in [-0.2, 0) is 4.74 Å². The molecule has 0 aromatic carbocycles. The molecule has 0 amide bonds. The van der Waals surface area contributed by atoms with Crippen molar-refractivity contribution in [3.8, 4) is 0 Å². The lowest BCUT2D eigenvalue weighted by molar-refractivity contribution is 0.131. The molecule has 0 saturated heterocycles. The molecule has 0 aliphatic heterocycles. The van der Waals surface area contributed by atoms with Crippen molar-refractivity contribution >= 4 is 11.3 Å². The van der Waals surface area contributed by atoms with Crippen molar-refractivity contribution in [2.24, 2.45) is 0 Å². The molecule has 1 aromatic rings. The van der Waals surface area contributed by atoms with E-state index in [-0.39, 0.29) is 0 Å². The fraction of sp³-hybridized carbons (Fsp3) is 0.769. The van der Waals surface area contributed by atoms with Gasteiger partial charge in [0, 0.05) is 24.1 Å². The summed E-state index contributed by atoms with van der Waals surface area (Å²) < 4.78 is 5.44. The number of ether oxygens (including phenoxy) is 1. The lowest BCUT2D eigenvalue weighted by Crippen LogP contribution is -2.21. The summed E-state index contributed by atoms with van der Waals surface area (Å²) in [5.74, 6) is 0. The van der Waals surface area contributed by atoms with Crippen LogP contribution in [0.5, 0.6) is 0 Å². The Labute approximate surface area is 109 Å². The molecule has 0 saturated carbocycles.